The zero-order valence-corrected chi connectivity index (χ0v) is 20.4. The van der Waals surface area contributed by atoms with Gasteiger partial charge in [0.1, 0.15) is 22.9 Å². The fourth-order valence-corrected chi connectivity index (χ4v) is 4.96. The summed E-state index contributed by atoms with van der Waals surface area (Å²) in [5.41, 5.74) is 2.74. The maximum absolute atomic E-state index is 14.7. The van der Waals surface area contributed by atoms with Crippen molar-refractivity contribution in [3.8, 4) is 34.1 Å². The first-order valence-corrected chi connectivity index (χ1v) is 11.6. The Morgan fingerprint density at radius 3 is 2.41 bits per heavy atom. The molecular weight excluding hydrogens is 484 g/mol. The summed E-state index contributed by atoms with van der Waals surface area (Å²) >= 11 is 0. The van der Waals surface area contributed by atoms with Gasteiger partial charge in [-0.3, -0.25) is 0 Å². The van der Waals surface area contributed by atoms with Crippen molar-refractivity contribution in [2.45, 2.75) is 12.8 Å². The van der Waals surface area contributed by atoms with E-state index in [2.05, 4.69) is 0 Å². The molecule has 1 saturated heterocycles. The highest BCUT2D eigenvalue weighted by molar-refractivity contribution is 6.04. The van der Waals surface area contributed by atoms with Crippen LogP contribution in [0.1, 0.15) is 28.9 Å². The van der Waals surface area contributed by atoms with Crippen LogP contribution in [0.25, 0.3) is 27.7 Å². The second-order valence-electron chi connectivity index (χ2n) is 9.04. The van der Waals surface area contributed by atoms with E-state index >= 15 is 0 Å². The molecule has 4 aromatic rings. The number of aromatic nitrogens is 1. The van der Waals surface area contributed by atoms with Gasteiger partial charge in [-0.1, -0.05) is 13.0 Å². The maximum Gasteiger partial charge on any atom is 0.339 e. The number of fused-ring (bicyclic) bond motifs is 1. The zero-order chi connectivity index (χ0) is 26.4. The minimum absolute atomic E-state index is 0.0135. The SMILES string of the molecule is COc1cc(-n2c(C(C)C3COC3)c(-c3ccc(C(=O)O)c(OC)c3)c3c(O)cc(F)cc32)ccc1F. The van der Waals surface area contributed by atoms with Crippen LogP contribution < -0.4 is 9.47 Å². The van der Waals surface area contributed by atoms with Gasteiger partial charge in [0, 0.05) is 40.9 Å². The van der Waals surface area contributed by atoms with Gasteiger partial charge >= 0.3 is 5.97 Å². The number of hydrogen-bond acceptors (Lipinski definition) is 5. The van der Waals surface area contributed by atoms with Gasteiger partial charge in [-0.15, -0.1) is 0 Å². The Labute approximate surface area is 211 Å². The molecule has 0 saturated carbocycles. The Balaban J connectivity index is 1.91. The summed E-state index contributed by atoms with van der Waals surface area (Å²) in [5.74, 6) is -2.47. The Bertz CT molecular complexity index is 1530. The quantitative estimate of drug-likeness (QED) is 0.330. The van der Waals surface area contributed by atoms with E-state index in [1.54, 1.807) is 22.8 Å². The number of aromatic carboxylic acids is 1. The van der Waals surface area contributed by atoms with Crippen molar-refractivity contribution in [1.82, 2.24) is 4.57 Å². The summed E-state index contributed by atoms with van der Waals surface area (Å²) in [5, 5.41) is 20.9. The van der Waals surface area contributed by atoms with Crippen molar-refractivity contribution < 1.29 is 38.0 Å². The van der Waals surface area contributed by atoms with Crippen molar-refractivity contribution in [1.29, 1.82) is 0 Å². The van der Waals surface area contributed by atoms with Gasteiger partial charge in [0.2, 0.25) is 0 Å². The monoisotopic (exact) mass is 509 g/mol. The smallest absolute Gasteiger partial charge is 0.339 e. The molecule has 1 aromatic heterocycles. The highest BCUT2D eigenvalue weighted by atomic mass is 19.1. The largest absolute Gasteiger partial charge is 0.507 e. The Kier molecular flexibility index (Phi) is 6.25. The van der Waals surface area contributed by atoms with E-state index in [0.717, 1.165) is 11.8 Å². The lowest BCUT2D eigenvalue weighted by Crippen LogP contribution is -2.33. The van der Waals surface area contributed by atoms with Crippen LogP contribution in [0.4, 0.5) is 8.78 Å². The number of carbonyl (C=O) groups is 1. The first-order chi connectivity index (χ1) is 17.7. The number of ether oxygens (including phenoxy) is 3. The average molecular weight is 510 g/mol. The first kappa shape index (κ1) is 24.6. The number of nitrogens with zero attached hydrogens (tertiary/aromatic N) is 1. The number of carboxylic acids is 1. The molecule has 0 aliphatic carbocycles. The number of methoxy groups -OCH3 is 2. The molecular formula is C28H25F2NO6. The molecule has 2 heterocycles. The molecule has 9 heteroatoms. The number of phenolic OH excluding ortho intramolecular Hbond substituents is 1. The summed E-state index contributed by atoms with van der Waals surface area (Å²) in [7, 11) is 2.74. The minimum Gasteiger partial charge on any atom is -0.507 e. The van der Waals surface area contributed by atoms with Gasteiger partial charge in [0.25, 0.3) is 0 Å². The lowest BCUT2D eigenvalue weighted by Gasteiger charge is -2.33. The highest BCUT2D eigenvalue weighted by Gasteiger charge is 2.34. The van der Waals surface area contributed by atoms with Crippen LogP contribution in [0.5, 0.6) is 17.2 Å². The summed E-state index contributed by atoms with van der Waals surface area (Å²) < 4.78 is 46.8. The second-order valence-corrected chi connectivity index (χ2v) is 9.04. The molecule has 7 nitrogen and oxygen atoms in total. The van der Waals surface area contributed by atoms with Crippen LogP contribution in [0.3, 0.4) is 0 Å². The topological polar surface area (TPSA) is 90.2 Å². The van der Waals surface area contributed by atoms with Crippen LogP contribution in [0, 0.1) is 17.6 Å². The first-order valence-electron chi connectivity index (χ1n) is 11.6. The average Bonchev–Trinajstić information content (AvgIpc) is 3.18. The fraction of sp³-hybridized carbons (Fsp3) is 0.250. The third-order valence-corrected chi connectivity index (χ3v) is 6.97. The normalized spacial score (nSPS) is 14.4. The molecule has 0 spiro atoms. The minimum atomic E-state index is -1.14. The number of benzene rings is 3. The zero-order valence-electron chi connectivity index (χ0n) is 20.4. The fourth-order valence-electron chi connectivity index (χ4n) is 4.96. The van der Waals surface area contributed by atoms with Crippen molar-refractivity contribution >= 4 is 16.9 Å². The molecule has 192 valence electrons. The van der Waals surface area contributed by atoms with E-state index < -0.39 is 17.6 Å². The molecule has 1 fully saturated rings. The summed E-state index contributed by atoms with van der Waals surface area (Å²) in [6, 6.07) is 11.3. The molecule has 5 rings (SSSR count). The van der Waals surface area contributed by atoms with Crippen molar-refractivity contribution in [2.75, 3.05) is 27.4 Å². The van der Waals surface area contributed by atoms with Gasteiger partial charge in [0.05, 0.1) is 38.3 Å². The molecule has 2 N–H and O–H groups in total. The van der Waals surface area contributed by atoms with Crippen molar-refractivity contribution in [3.63, 3.8) is 0 Å². The summed E-state index contributed by atoms with van der Waals surface area (Å²) in [4.78, 5) is 11.7. The van der Waals surface area contributed by atoms with Crippen molar-refractivity contribution in [3.05, 3.63) is 71.4 Å². The maximum atomic E-state index is 14.7. The van der Waals surface area contributed by atoms with Gasteiger partial charge < -0.3 is 29.0 Å². The molecule has 1 atom stereocenters. The van der Waals surface area contributed by atoms with Gasteiger partial charge in [0.15, 0.2) is 11.6 Å². The number of hydrogen-bond donors (Lipinski definition) is 2. The standard InChI is InChI=1S/C28H25F2NO6/c1-14(16-12-37-13-16)27-25(15-4-6-19(28(33)34)23(8-15)35-2)26-21(9-17(29)10-22(26)32)31(27)18-5-7-20(30)24(11-18)36-3/h4-11,14,16,32H,12-13H2,1-3H3,(H,33,34). The van der Waals surface area contributed by atoms with Gasteiger partial charge in [-0.2, -0.15) is 0 Å². The lowest BCUT2D eigenvalue weighted by atomic mass is 9.85. The predicted molar refractivity (Wildman–Crippen MR) is 133 cm³/mol. The summed E-state index contributed by atoms with van der Waals surface area (Å²) in [6.45, 7) is 3.06. The number of halogens is 2. The second kappa shape index (κ2) is 9.40. The Morgan fingerprint density at radius 1 is 1.05 bits per heavy atom. The third kappa shape index (κ3) is 4.05. The predicted octanol–water partition coefficient (Wildman–Crippen LogP) is 5.75. The van der Waals surface area contributed by atoms with Crippen LogP contribution in [0.15, 0.2) is 48.5 Å². The number of carboxylic acid groups (broad SMARTS) is 1. The van der Waals surface area contributed by atoms with Crippen LogP contribution in [-0.4, -0.2) is 48.2 Å². The van der Waals surface area contributed by atoms with E-state index in [0.29, 0.717) is 40.9 Å². The van der Waals surface area contributed by atoms with E-state index in [-0.39, 0.29) is 34.6 Å². The molecule has 1 aliphatic heterocycles. The molecule has 0 radical (unpaired) electrons. The highest BCUT2D eigenvalue weighted by Crippen LogP contribution is 2.48. The van der Waals surface area contributed by atoms with Gasteiger partial charge in [-0.05, 0) is 35.9 Å². The molecule has 37 heavy (non-hydrogen) atoms. The number of rotatable bonds is 7. The molecule has 0 bridgehead atoms. The van der Waals surface area contributed by atoms with Gasteiger partial charge in [-0.25, -0.2) is 13.6 Å². The Morgan fingerprint density at radius 2 is 1.78 bits per heavy atom. The van der Waals surface area contributed by atoms with Crippen molar-refractivity contribution in [2.24, 2.45) is 5.92 Å². The molecule has 1 aliphatic rings. The number of phenols is 1. The third-order valence-electron chi connectivity index (χ3n) is 6.97. The van der Waals surface area contributed by atoms with Crippen LogP contribution in [-0.2, 0) is 4.74 Å². The van der Waals surface area contributed by atoms with E-state index in [9.17, 15) is 23.8 Å². The van der Waals surface area contributed by atoms with Crippen LogP contribution >= 0.6 is 0 Å². The van der Waals surface area contributed by atoms with E-state index in [1.807, 2.05) is 6.92 Å². The van der Waals surface area contributed by atoms with Crippen LogP contribution in [0.2, 0.25) is 0 Å². The summed E-state index contributed by atoms with van der Waals surface area (Å²) in [6.07, 6.45) is 0. The van der Waals surface area contributed by atoms with E-state index in [4.69, 9.17) is 14.2 Å². The molecule has 1 unspecified atom stereocenters. The molecule has 3 aromatic carbocycles. The molecule has 0 amide bonds. The Hall–Kier alpha value is -4.11. The lowest BCUT2D eigenvalue weighted by molar-refractivity contribution is -0.0429. The number of aromatic hydroxyl groups is 1. The van der Waals surface area contributed by atoms with E-state index in [1.165, 1.54) is 38.5 Å².